The fraction of sp³-hybridized carbons (Fsp3) is 0.368. The summed E-state index contributed by atoms with van der Waals surface area (Å²) in [5.41, 5.74) is 4.92. The van der Waals surface area contributed by atoms with E-state index in [-0.39, 0.29) is 11.9 Å². The lowest BCUT2D eigenvalue weighted by atomic mass is 10.1. The number of carbonyl (C=O) groups excluding carboxylic acids is 1. The summed E-state index contributed by atoms with van der Waals surface area (Å²) in [5, 5.41) is 6.38. The Kier molecular flexibility index (Phi) is 5.74. The van der Waals surface area contributed by atoms with Crippen molar-refractivity contribution in [2.24, 2.45) is 0 Å². The summed E-state index contributed by atoms with van der Waals surface area (Å²) in [7, 11) is 0. The maximum absolute atomic E-state index is 12.2. The molecule has 1 aromatic carbocycles. The van der Waals surface area contributed by atoms with Gasteiger partial charge in [-0.05, 0) is 43.9 Å². The topological polar surface area (TPSA) is 54.0 Å². The Hall–Kier alpha value is -2.36. The normalized spacial score (nSPS) is 11.8. The summed E-state index contributed by atoms with van der Waals surface area (Å²) in [5.74, 6) is -0.0870. The van der Waals surface area contributed by atoms with E-state index in [2.05, 4.69) is 47.7 Å². The van der Waals surface area contributed by atoms with Gasteiger partial charge in [-0.2, -0.15) is 0 Å². The molecule has 1 atom stereocenters. The van der Waals surface area contributed by atoms with Gasteiger partial charge in [-0.15, -0.1) is 0 Å². The van der Waals surface area contributed by atoms with Crippen LogP contribution in [0.25, 0.3) is 0 Å². The molecule has 4 heteroatoms. The first-order valence-corrected chi connectivity index (χ1v) is 8.16. The van der Waals surface area contributed by atoms with Crippen molar-refractivity contribution in [2.75, 3.05) is 5.32 Å². The summed E-state index contributed by atoms with van der Waals surface area (Å²) in [6.45, 7) is 8.25. The predicted molar refractivity (Wildman–Crippen MR) is 95.3 cm³/mol. The van der Waals surface area contributed by atoms with Crippen molar-refractivity contribution in [1.82, 2.24) is 10.3 Å². The molecule has 0 aliphatic rings. The molecule has 0 saturated carbocycles. The minimum atomic E-state index is -0.0870. The number of rotatable bonds is 6. The number of hydrogen-bond acceptors (Lipinski definition) is 3. The smallest absolute Gasteiger partial charge is 0.253 e. The molecule has 0 fully saturated rings. The second-order valence-electron chi connectivity index (χ2n) is 5.83. The molecule has 122 valence electrons. The van der Waals surface area contributed by atoms with E-state index in [0.717, 1.165) is 24.2 Å². The Morgan fingerprint density at radius 2 is 2.04 bits per heavy atom. The maximum Gasteiger partial charge on any atom is 0.253 e. The van der Waals surface area contributed by atoms with Gasteiger partial charge in [0.05, 0.1) is 17.4 Å². The molecule has 1 unspecified atom stereocenters. The molecule has 23 heavy (non-hydrogen) atoms. The quantitative estimate of drug-likeness (QED) is 0.839. The van der Waals surface area contributed by atoms with E-state index in [9.17, 15) is 4.79 Å². The molecular formula is C19H25N3O. The molecule has 2 aromatic rings. The second-order valence-corrected chi connectivity index (χ2v) is 5.83. The third-order valence-electron chi connectivity index (χ3n) is 4.00. The largest absolute Gasteiger partial charge is 0.354 e. The minimum Gasteiger partial charge on any atom is -0.354 e. The van der Waals surface area contributed by atoms with E-state index in [1.807, 2.05) is 19.9 Å². The maximum atomic E-state index is 12.2. The van der Waals surface area contributed by atoms with Crippen LogP contribution in [-0.4, -0.2) is 16.9 Å². The van der Waals surface area contributed by atoms with Crippen LogP contribution in [0.1, 0.15) is 48.7 Å². The lowest BCUT2D eigenvalue weighted by Crippen LogP contribution is -2.31. The van der Waals surface area contributed by atoms with Gasteiger partial charge < -0.3 is 10.6 Å². The van der Waals surface area contributed by atoms with E-state index < -0.39 is 0 Å². The van der Waals surface area contributed by atoms with E-state index >= 15 is 0 Å². The van der Waals surface area contributed by atoms with E-state index in [1.54, 1.807) is 12.4 Å². The summed E-state index contributed by atoms with van der Waals surface area (Å²) in [6.07, 6.45) is 5.19. The van der Waals surface area contributed by atoms with Crippen LogP contribution in [0, 0.1) is 6.92 Å². The highest BCUT2D eigenvalue weighted by Gasteiger charge is 2.11. The molecule has 0 aliphatic heterocycles. The highest BCUT2D eigenvalue weighted by molar-refractivity contribution is 5.95. The summed E-state index contributed by atoms with van der Waals surface area (Å²) >= 11 is 0. The average Bonchev–Trinajstić information content (AvgIpc) is 2.56. The minimum absolute atomic E-state index is 0.0870. The first kappa shape index (κ1) is 17.0. The third kappa shape index (κ3) is 4.31. The van der Waals surface area contributed by atoms with Gasteiger partial charge in [-0.3, -0.25) is 9.78 Å². The molecule has 2 rings (SSSR count). The first-order chi connectivity index (χ1) is 11.0. The van der Waals surface area contributed by atoms with Crippen molar-refractivity contribution in [3.05, 3.63) is 53.3 Å². The zero-order valence-electron chi connectivity index (χ0n) is 14.3. The van der Waals surface area contributed by atoms with E-state index in [1.165, 1.54) is 11.1 Å². The average molecular weight is 311 g/mol. The highest BCUT2D eigenvalue weighted by atomic mass is 16.1. The number of amides is 1. The molecule has 0 spiro atoms. The van der Waals surface area contributed by atoms with Crippen molar-refractivity contribution >= 4 is 17.3 Å². The molecule has 2 N–H and O–H groups in total. The molecule has 0 radical (unpaired) electrons. The highest BCUT2D eigenvalue weighted by Crippen LogP contribution is 2.25. The summed E-state index contributed by atoms with van der Waals surface area (Å²) in [4.78, 5) is 16.4. The SMILES string of the molecule is CCc1cccc(C)c1Nc1cncc(C(=O)NC(C)CC)c1. The molecule has 0 aliphatic carbocycles. The van der Waals surface area contributed by atoms with Crippen molar-refractivity contribution in [2.45, 2.75) is 46.6 Å². The van der Waals surface area contributed by atoms with Gasteiger partial charge in [-0.25, -0.2) is 0 Å². The van der Waals surface area contributed by atoms with Crippen molar-refractivity contribution < 1.29 is 4.79 Å². The Morgan fingerprint density at radius 3 is 2.74 bits per heavy atom. The van der Waals surface area contributed by atoms with E-state index in [0.29, 0.717) is 5.56 Å². The van der Waals surface area contributed by atoms with Crippen LogP contribution in [-0.2, 0) is 6.42 Å². The van der Waals surface area contributed by atoms with Crippen LogP contribution in [0.3, 0.4) is 0 Å². The van der Waals surface area contributed by atoms with Crippen LogP contribution in [0.15, 0.2) is 36.7 Å². The number of hydrogen-bond donors (Lipinski definition) is 2. The Bertz CT molecular complexity index is 682. The van der Waals surface area contributed by atoms with Crippen molar-refractivity contribution in [3.8, 4) is 0 Å². The van der Waals surface area contributed by atoms with Gasteiger partial charge in [0.25, 0.3) is 5.91 Å². The number of aryl methyl sites for hydroxylation is 2. The second kappa shape index (κ2) is 7.77. The molecule has 1 heterocycles. The van der Waals surface area contributed by atoms with Crippen LogP contribution >= 0.6 is 0 Å². The third-order valence-corrected chi connectivity index (χ3v) is 4.00. The first-order valence-electron chi connectivity index (χ1n) is 8.16. The molecule has 1 amide bonds. The van der Waals surface area contributed by atoms with Crippen LogP contribution in [0.4, 0.5) is 11.4 Å². The van der Waals surface area contributed by atoms with Gasteiger partial charge in [0, 0.05) is 17.9 Å². The molecular weight excluding hydrogens is 286 g/mol. The zero-order chi connectivity index (χ0) is 16.8. The van der Waals surface area contributed by atoms with Gasteiger partial charge in [0.15, 0.2) is 0 Å². The zero-order valence-corrected chi connectivity index (χ0v) is 14.3. The predicted octanol–water partition coefficient (Wildman–Crippen LogP) is 4.22. The Balaban J connectivity index is 2.23. The number of benzene rings is 1. The number of carbonyl (C=O) groups is 1. The number of aromatic nitrogens is 1. The van der Waals surface area contributed by atoms with Crippen LogP contribution < -0.4 is 10.6 Å². The lowest BCUT2D eigenvalue weighted by Gasteiger charge is -2.15. The molecule has 0 bridgehead atoms. The number of anilines is 2. The molecule has 1 aromatic heterocycles. The van der Waals surface area contributed by atoms with Gasteiger partial charge >= 0.3 is 0 Å². The number of pyridine rings is 1. The van der Waals surface area contributed by atoms with Gasteiger partial charge in [0.1, 0.15) is 0 Å². The standard InChI is InChI=1S/C19H25N3O/c1-5-14(4)21-19(23)16-10-17(12-20-11-16)22-18-13(3)8-7-9-15(18)6-2/h7-12,14,22H,5-6H2,1-4H3,(H,21,23). The van der Waals surface area contributed by atoms with Crippen LogP contribution in [0.2, 0.25) is 0 Å². The Morgan fingerprint density at radius 1 is 1.26 bits per heavy atom. The Labute approximate surface area is 138 Å². The van der Waals surface area contributed by atoms with Gasteiger partial charge in [-0.1, -0.05) is 32.0 Å². The van der Waals surface area contributed by atoms with Crippen molar-refractivity contribution in [1.29, 1.82) is 0 Å². The van der Waals surface area contributed by atoms with Gasteiger partial charge in [0.2, 0.25) is 0 Å². The number of nitrogens with one attached hydrogen (secondary N) is 2. The monoisotopic (exact) mass is 311 g/mol. The van der Waals surface area contributed by atoms with E-state index in [4.69, 9.17) is 0 Å². The fourth-order valence-electron chi connectivity index (χ4n) is 2.39. The lowest BCUT2D eigenvalue weighted by molar-refractivity contribution is 0.0939. The number of nitrogens with zero attached hydrogens (tertiary/aromatic N) is 1. The molecule has 4 nitrogen and oxygen atoms in total. The summed E-state index contributed by atoms with van der Waals surface area (Å²) in [6, 6.07) is 8.25. The summed E-state index contributed by atoms with van der Waals surface area (Å²) < 4.78 is 0. The fourth-order valence-corrected chi connectivity index (χ4v) is 2.39. The molecule has 0 saturated heterocycles. The van der Waals surface area contributed by atoms with Crippen LogP contribution in [0.5, 0.6) is 0 Å². The number of para-hydroxylation sites is 1. The van der Waals surface area contributed by atoms with Crippen molar-refractivity contribution in [3.63, 3.8) is 0 Å².